The zero-order chi connectivity index (χ0) is 14.6. The Kier molecular flexibility index (Phi) is 4.76. The van der Waals surface area contributed by atoms with Crippen molar-refractivity contribution in [1.29, 1.82) is 0 Å². The van der Waals surface area contributed by atoms with Gasteiger partial charge in [-0.3, -0.25) is 5.32 Å². The molecular weight excluding hydrogens is 257 g/mol. The van der Waals surface area contributed by atoms with E-state index in [0.29, 0.717) is 5.56 Å². The predicted octanol–water partition coefficient (Wildman–Crippen LogP) is 3.44. The van der Waals surface area contributed by atoms with Crippen molar-refractivity contribution in [2.24, 2.45) is 0 Å². The lowest BCUT2D eigenvalue weighted by atomic mass is 9.90. The molecule has 0 saturated heterocycles. The van der Waals surface area contributed by atoms with E-state index in [2.05, 4.69) is 5.32 Å². The molecule has 1 saturated carbocycles. The van der Waals surface area contributed by atoms with Crippen LogP contribution in [0.1, 0.15) is 51.0 Å². The Balaban J connectivity index is 2.22. The van der Waals surface area contributed by atoms with Gasteiger partial charge in [-0.05, 0) is 37.5 Å². The lowest BCUT2D eigenvalue weighted by Gasteiger charge is -2.31. The molecule has 4 heteroatoms. The number of carboxylic acid groups (broad SMARTS) is 1. The molecule has 1 aromatic carbocycles. The minimum absolute atomic E-state index is 0.182. The third kappa shape index (κ3) is 3.37. The summed E-state index contributed by atoms with van der Waals surface area (Å²) in [7, 11) is 0. The van der Waals surface area contributed by atoms with Crippen LogP contribution < -0.4 is 5.32 Å². The van der Waals surface area contributed by atoms with Crippen molar-refractivity contribution >= 4 is 5.97 Å². The molecule has 2 rings (SSSR count). The van der Waals surface area contributed by atoms with Crippen molar-refractivity contribution in [2.45, 2.75) is 57.0 Å². The van der Waals surface area contributed by atoms with Gasteiger partial charge in [0.05, 0.1) is 0 Å². The number of aliphatic carboxylic acids is 1. The van der Waals surface area contributed by atoms with Crippen LogP contribution in [-0.2, 0) is 10.3 Å². The lowest BCUT2D eigenvalue weighted by Crippen LogP contribution is -2.51. The maximum absolute atomic E-state index is 13.4. The Hall–Kier alpha value is -1.42. The molecule has 1 fully saturated rings. The summed E-state index contributed by atoms with van der Waals surface area (Å²) in [5.74, 6) is -1.37. The van der Waals surface area contributed by atoms with Crippen molar-refractivity contribution in [3.05, 3.63) is 35.6 Å². The van der Waals surface area contributed by atoms with Gasteiger partial charge in [-0.2, -0.15) is 0 Å². The van der Waals surface area contributed by atoms with Crippen LogP contribution in [0.25, 0.3) is 0 Å². The first-order chi connectivity index (χ1) is 9.52. The average Bonchev–Trinajstić information content (AvgIpc) is 2.67. The summed E-state index contributed by atoms with van der Waals surface area (Å²) in [4.78, 5) is 11.7. The van der Waals surface area contributed by atoms with Crippen LogP contribution in [0.4, 0.5) is 4.39 Å². The van der Waals surface area contributed by atoms with Crippen LogP contribution in [0.15, 0.2) is 24.3 Å². The zero-order valence-electron chi connectivity index (χ0n) is 11.9. The van der Waals surface area contributed by atoms with E-state index in [1.807, 2.05) is 0 Å². The predicted molar refractivity (Wildman–Crippen MR) is 76.0 cm³/mol. The van der Waals surface area contributed by atoms with Gasteiger partial charge in [0, 0.05) is 6.04 Å². The molecular formula is C16H22FNO2. The summed E-state index contributed by atoms with van der Waals surface area (Å²) >= 11 is 0. The number of halogens is 1. The highest BCUT2D eigenvalue weighted by Crippen LogP contribution is 2.26. The van der Waals surface area contributed by atoms with Gasteiger partial charge in [-0.1, -0.05) is 37.8 Å². The van der Waals surface area contributed by atoms with Gasteiger partial charge >= 0.3 is 5.97 Å². The fourth-order valence-corrected chi connectivity index (χ4v) is 2.90. The highest BCUT2D eigenvalue weighted by atomic mass is 19.1. The Morgan fingerprint density at radius 1 is 1.30 bits per heavy atom. The number of hydrogen-bond acceptors (Lipinski definition) is 2. The van der Waals surface area contributed by atoms with Gasteiger partial charge in [0.15, 0.2) is 0 Å². The minimum atomic E-state index is -1.24. The Labute approximate surface area is 119 Å². The van der Waals surface area contributed by atoms with Gasteiger partial charge in [-0.25, -0.2) is 9.18 Å². The first-order valence-corrected chi connectivity index (χ1v) is 7.29. The van der Waals surface area contributed by atoms with Crippen LogP contribution in [0.3, 0.4) is 0 Å². The second kappa shape index (κ2) is 6.35. The van der Waals surface area contributed by atoms with E-state index in [1.165, 1.54) is 25.0 Å². The van der Waals surface area contributed by atoms with Crippen LogP contribution >= 0.6 is 0 Å². The number of rotatable bonds is 4. The second-order valence-corrected chi connectivity index (χ2v) is 5.77. The molecule has 20 heavy (non-hydrogen) atoms. The molecule has 1 atom stereocenters. The smallest absolute Gasteiger partial charge is 0.328 e. The van der Waals surface area contributed by atoms with E-state index in [0.717, 1.165) is 25.7 Å². The third-order valence-electron chi connectivity index (χ3n) is 4.18. The maximum atomic E-state index is 13.4. The Bertz CT molecular complexity index is 469. The molecule has 2 N–H and O–H groups in total. The highest BCUT2D eigenvalue weighted by molar-refractivity contribution is 5.80. The van der Waals surface area contributed by atoms with Crippen LogP contribution in [0, 0.1) is 5.82 Å². The first kappa shape index (κ1) is 15.0. The minimum Gasteiger partial charge on any atom is -0.480 e. The van der Waals surface area contributed by atoms with Crippen molar-refractivity contribution in [3.8, 4) is 0 Å². The normalized spacial score (nSPS) is 20.1. The Morgan fingerprint density at radius 3 is 2.50 bits per heavy atom. The molecule has 0 amide bonds. The maximum Gasteiger partial charge on any atom is 0.328 e. The van der Waals surface area contributed by atoms with E-state index < -0.39 is 17.3 Å². The molecule has 1 aliphatic rings. The van der Waals surface area contributed by atoms with E-state index in [-0.39, 0.29) is 6.04 Å². The fourth-order valence-electron chi connectivity index (χ4n) is 2.90. The van der Waals surface area contributed by atoms with E-state index in [4.69, 9.17) is 0 Å². The molecule has 0 heterocycles. The van der Waals surface area contributed by atoms with Crippen molar-refractivity contribution in [3.63, 3.8) is 0 Å². The molecule has 1 aliphatic carbocycles. The van der Waals surface area contributed by atoms with Gasteiger partial charge in [0.1, 0.15) is 11.4 Å². The molecule has 0 aliphatic heterocycles. The summed E-state index contributed by atoms with van der Waals surface area (Å²) in [5, 5.41) is 12.8. The topological polar surface area (TPSA) is 49.3 Å². The van der Waals surface area contributed by atoms with E-state index in [1.54, 1.807) is 19.1 Å². The molecule has 0 bridgehead atoms. The van der Waals surface area contributed by atoms with Gasteiger partial charge in [0.25, 0.3) is 0 Å². The summed E-state index contributed by atoms with van der Waals surface area (Å²) in [6.45, 7) is 1.62. The Morgan fingerprint density at radius 2 is 1.95 bits per heavy atom. The van der Waals surface area contributed by atoms with Crippen LogP contribution in [0.2, 0.25) is 0 Å². The van der Waals surface area contributed by atoms with Crippen molar-refractivity contribution < 1.29 is 14.3 Å². The SMILES string of the molecule is CC(NC1CCCCCC1)(C(=O)O)c1cccc(F)c1. The average molecular weight is 279 g/mol. The van der Waals surface area contributed by atoms with E-state index in [9.17, 15) is 14.3 Å². The molecule has 3 nitrogen and oxygen atoms in total. The van der Waals surface area contributed by atoms with Gasteiger partial charge in [0.2, 0.25) is 0 Å². The van der Waals surface area contributed by atoms with Crippen molar-refractivity contribution in [1.82, 2.24) is 5.32 Å². The third-order valence-corrected chi connectivity index (χ3v) is 4.18. The van der Waals surface area contributed by atoms with Crippen molar-refractivity contribution in [2.75, 3.05) is 0 Å². The number of hydrogen-bond donors (Lipinski definition) is 2. The van der Waals surface area contributed by atoms with Gasteiger partial charge < -0.3 is 5.11 Å². The van der Waals surface area contributed by atoms with E-state index >= 15 is 0 Å². The van der Waals surface area contributed by atoms with Crippen LogP contribution in [0.5, 0.6) is 0 Å². The molecule has 1 unspecified atom stereocenters. The molecule has 0 radical (unpaired) electrons. The van der Waals surface area contributed by atoms with Gasteiger partial charge in [-0.15, -0.1) is 0 Å². The summed E-state index contributed by atoms with van der Waals surface area (Å²) in [6, 6.07) is 6.04. The largest absolute Gasteiger partial charge is 0.480 e. The molecule has 110 valence electrons. The number of carboxylic acids is 1. The molecule has 0 aromatic heterocycles. The summed E-state index contributed by atoms with van der Waals surface area (Å²) in [6.07, 6.45) is 6.63. The quantitative estimate of drug-likeness (QED) is 0.830. The second-order valence-electron chi connectivity index (χ2n) is 5.77. The lowest BCUT2D eigenvalue weighted by molar-refractivity contribution is -0.145. The number of nitrogens with one attached hydrogen (secondary N) is 1. The summed E-state index contributed by atoms with van der Waals surface area (Å²) in [5.41, 5.74) is -0.772. The first-order valence-electron chi connectivity index (χ1n) is 7.29. The number of carbonyl (C=O) groups is 1. The highest BCUT2D eigenvalue weighted by Gasteiger charge is 2.37. The summed E-state index contributed by atoms with van der Waals surface area (Å²) < 4.78 is 13.4. The number of benzene rings is 1. The molecule has 1 aromatic rings. The van der Waals surface area contributed by atoms with Crippen LogP contribution in [-0.4, -0.2) is 17.1 Å². The standard InChI is InChI=1S/C16H22FNO2/c1-16(15(19)20,12-7-6-8-13(17)11-12)18-14-9-4-2-3-5-10-14/h6-8,11,14,18H,2-5,9-10H2,1H3,(H,19,20). The zero-order valence-corrected chi connectivity index (χ0v) is 11.9. The fraction of sp³-hybridized carbons (Fsp3) is 0.562. The monoisotopic (exact) mass is 279 g/mol. The molecule has 0 spiro atoms.